The Hall–Kier alpha value is -2.92. The van der Waals surface area contributed by atoms with Crippen molar-refractivity contribution in [3.05, 3.63) is 70.1 Å². The summed E-state index contributed by atoms with van der Waals surface area (Å²) in [6.45, 7) is 2.39. The molecule has 0 saturated heterocycles. The van der Waals surface area contributed by atoms with Gasteiger partial charge < -0.3 is 10.1 Å². The normalized spacial score (nSPS) is 12.9. The Labute approximate surface area is 201 Å². The summed E-state index contributed by atoms with van der Waals surface area (Å²) in [6, 6.07) is 11.4. The fourth-order valence-electron chi connectivity index (χ4n) is 3.38. The third-order valence-corrected chi connectivity index (χ3v) is 6.92. The Balaban J connectivity index is 1.56. The summed E-state index contributed by atoms with van der Waals surface area (Å²) in [4.78, 5) is 30.9. The van der Waals surface area contributed by atoms with Gasteiger partial charge in [-0.25, -0.2) is 4.98 Å². The van der Waals surface area contributed by atoms with Crippen LogP contribution in [0.3, 0.4) is 0 Å². The number of thioether (sulfide) groups is 2. The second-order valence-corrected chi connectivity index (χ2v) is 9.30. The number of rotatable bonds is 7. The molecule has 0 saturated carbocycles. The fraction of sp³-hybridized carbons (Fsp3) is 0.261. The number of anilines is 1. The smallest absolute Gasteiger partial charge is 0.416 e. The maximum atomic E-state index is 13.2. The molecule has 0 fully saturated rings. The molecular formula is C23H20F3N3O3S2. The van der Waals surface area contributed by atoms with Crippen molar-refractivity contribution < 1.29 is 22.7 Å². The molecule has 1 amide bonds. The highest BCUT2D eigenvalue weighted by Gasteiger charge is 2.30. The minimum atomic E-state index is -4.50. The predicted molar refractivity (Wildman–Crippen MR) is 126 cm³/mol. The van der Waals surface area contributed by atoms with E-state index in [2.05, 4.69) is 10.3 Å². The highest BCUT2D eigenvalue weighted by molar-refractivity contribution is 8.00. The van der Waals surface area contributed by atoms with Crippen LogP contribution in [0.15, 0.2) is 63.4 Å². The van der Waals surface area contributed by atoms with Crippen LogP contribution >= 0.6 is 23.5 Å². The minimum Gasteiger partial charge on any atom is -0.494 e. The number of hydrogen-bond acceptors (Lipinski definition) is 6. The lowest BCUT2D eigenvalue weighted by molar-refractivity contribution is -0.137. The van der Waals surface area contributed by atoms with Gasteiger partial charge in [-0.15, -0.1) is 11.8 Å². The Bertz CT molecular complexity index is 1260. The molecule has 0 atom stereocenters. The third kappa shape index (κ3) is 5.41. The first-order valence-electron chi connectivity index (χ1n) is 10.4. The molecule has 0 unspecified atom stereocenters. The van der Waals surface area contributed by atoms with Crippen molar-refractivity contribution in [2.45, 2.75) is 29.6 Å². The van der Waals surface area contributed by atoms with E-state index < -0.39 is 17.6 Å². The van der Waals surface area contributed by atoms with Crippen LogP contribution in [0.5, 0.6) is 5.75 Å². The second-order valence-electron chi connectivity index (χ2n) is 7.25. The lowest BCUT2D eigenvalue weighted by Crippen LogP contribution is -2.24. The summed E-state index contributed by atoms with van der Waals surface area (Å²) < 4.78 is 45.7. The lowest BCUT2D eigenvalue weighted by atomic mass is 10.2. The molecule has 2 heterocycles. The number of hydrogen-bond donors (Lipinski definition) is 1. The molecule has 1 aliphatic rings. The van der Waals surface area contributed by atoms with Crippen LogP contribution in [0.4, 0.5) is 18.9 Å². The standard InChI is InChI=1S/C23H20F3N3O3S2/c1-2-32-17-8-6-16(7-9-17)29-21(31)20-18(10-11-33-20)28-22(29)34-13-19(30)27-15-5-3-4-14(12-15)23(24,25)26/h3-9,12H,2,10-11,13H2,1H3,(H,27,30). The summed E-state index contributed by atoms with van der Waals surface area (Å²) in [7, 11) is 0. The van der Waals surface area contributed by atoms with Gasteiger partial charge in [-0.05, 0) is 49.4 Å². The summed E-state index contributed by atoms with van der Waals surface area (Å²) in [5.74, 6) is 0.778. The number of nitrogens with zero attached hydrogens (tertiary/aromatic N) is 2. The Kier molecular flexibility index (Phi) is 7.22. The molecule has 1 aromatic heterocycles. The molecule has 4 rings (SSSR count). The second kappa shape index (κ2) is 10.1. The van der Waals surface area contributed by atoms with Gasteiger partial charge in [0.1, 0.15) is 5.75 Å². The van der Waals surface area contributed by atoms with Crippen LogP contribution < -0.4 is 15.6 Å². The highest BCUT2D eigenvalue weighted by Crippen LogP contribution is 2.32. The average Bonchev–Trinajstić information content (AvgIpc) is 3.27. The van der Waals surface area contributed by atoms with Crippen molar-refractivity contribution in [1.29, 1.82) is 0 Å². The number of benzene rings is 2. The van der Waals surface area contributed by atoms with E-state index in [0.29, 0.717) is 40.2 Å². The Morgan fingerprint density at radius 3 is 2.71 bits per heavy atom. The zero-order valence-corrected chi connectivity index (χ0v) is 19.6. The van der Waals surface area contributed by atoms with Gasteiger partial charge in [0, 0.05) is 17.9 Å². The molecule has 2 aromatic carbocycles. The van der Waals surface area contributed by atoms with Gasteiger partial charge in [0.15, 0.2) is 5.16 Å². The van der Waals surface area contributed by atoms with Crippen molar-refractivity contribution in [3.63, 3.8) is 0 Å². The van der Waals surface area contributed by atoms with Gasteiger partial charge in [-0.2, -0.15) is 13.2 Å². The first-order chi connectivity index (χ1) is 16.3. The van der Waals surface area contributed by atoms with Gasteiger partial charge in [-0.3, -0.25) is 14.2 Å². The molecule has 6 nitrogen and oxygen atoms in total. The number of fused-ring (bicyclic) bond motifs is 1. The molecule has 11 heteroatoms. The number of aromatic nitrogens is 2. The fourth-order valence-corrected chi connectivity index (χ4v) is 5.23. The van der Waals surface area contributed by atoms with Crippen molar-refractivity contribution in [2.24, 2.45) is 0 Å². The molecule has 1 N–H and O–H groups in total. The monoisotopic (exact) mass is 507 g/mol. The lowest BCUT2D eigenvalue weighted by Gasteiger charge is -2.14. The molecule has 0 bridgehead atoms. The van der Waals surface area contributed by atoms with Crippen LogP contribution in [0.1, 0.15) is 18.2 Å². The quantitative estimate of drug-likeness (QED) is 0.357. The number of halogens is 3. The van der Waals surface area contributed by atoms with Crippen LogP contribution in [-0.4, -0.2) is 33.6 Å². The van der Waals surface area contributed by atoms with Gasteiger partial charge >= 0.3 is 6.18 Å². The number of nitrogens with one attached hydrogen (secondary N) is 1. The number of ether oxygens (including phenoxy) is 1. The Morgan fingerprint density at radius 1 is 1.24 bits per heavy atom. The topological polar surface area (TPSA) is 73.2 Å². The van der Waals surface area contributed by atoms with E-state index in [1.54, 1.807) is 24.3 Å². The van der Waals surface area contributed by atoms with E-state index in [0.717, 1.165) is 29.6 Å². The zero-order chi connectivity index (χ0) is 24.3. The van der Waals surface area contributed by atoms with Crippen molar-refractivity contribution in [3.8, 4) is 11.4 Å². The van der Waals surface area contributed by atoms with Crippen molar-refractivity contribution in [1.82, 2.24) is 9.55 Å². The van der Waals surface area contributed by atoms with Crippen molar-refractivity contribution >= 4 is 35.1 Å². The summed E-state index contributed by atoms with van der Waals surface area (Å²) >= 11 is 2.50. The number of carbonyl (C=O) groups excluding carboxylic acids is 1. The molecule has 3 aromatic rings. The summed E-state index contributed by atoms with van der Waals surface area (Å²) in [5.41, 5.74) is 0.259. The van der Waals surface area contributed by atoms with Crippen LogP contribution in [0.25, 0.3) is 5.69 Å². The maximum absolute atomic E-state index is 13.2. The number of alkyl halides is 3. The molecule has 0 aliphatic carbocycles. The van der Waals surface area contributed by atoms with Gasteiger partial charge in [0.25, 0.3) is 5.56 Å². The number of amides is 1. The van der Waals surface area contributed by atoms with Gasteiger partial charge in [-0.1, -0.05) is 17.8 Å². The summed E-state index contributed by atoms with van der Waals surface area (Å²) in [5, 5.41) is 2.82. The zero-order valence-electron chi connectivity index (χ0n) is 18.0. The van der Waals surface area contributed by atoms with Gasteiger partial charge in [0.05, 0.1) is 34.2 Å². The molecular weight excluding hydrogens is 487 g/mol. The molecule has 178 valence electrons. The van der Waals surface area contributed by atoms with Crippen molar-refractivity contribution in [2.75, 3.05) is 23.4 Å². The van der Waals surface area contributed by atoms with E-state index in [1.807, 2.05) is 6.92 Å². The third-order valence-electron chi connectivity index (χ3n) is 4.88. The molecule has 0 spiro atoms. The van der Waals surface area contributed by atoms with Crippen LogP contribution in [0.2, 0.25) is 0 Å². The van der Waals surface area contributed by atoms with E-state index >= 15 is 0 Å². The average molecular weight is 508 g/mol. The highest BCUT2D eigenvalue weighted by atomic mass is 32.2. The number of carbonyl (C=O) groups is 1. The number of aryl methyl sites for hydroxylation is 1. The van der Waals surface area contributed by atoms with E-state index in [1.165, 1.54) is 28.5 Å². The Morgan fingerprint density at radius 2 is 2.00 bits per heavy atom. The van der Waals surface area contributed by atoms with Crippen LogP contribution in [0, 0.1) is 0 Å². The largest absolute Gasteiger partial charge is 0.494 e. The first-order valence-corrected chi connectivity index (χ1v) is 12.3. The van der Waals surface area contributed by atoms with Crippen LogP contribution in [-0.2, 0) is 17.4 Å². The summed E-state index contributed by atoms with van der Waals surface area (Å²) in [6.07, 6.45) is -3.85. The molecule has 0 radical (unpaired) electrons. The van der Waals surface area contributed by atoms with E-state index in [4.69, 9.17) is 4.74 Å². The predicted octanol–water partition coefficient (Wildman–Crippen LogP) is 5.03. The van der Waals surface area contributed by atoms with E-state index in [9.17, 15) is 22.8 Å². The van der Waals surface area contributed by atoms with E-state index in [-0.39, 0.29) is 17.0 Å². The SMILES string of the molecule is CCOc1ccc(-n2c(SCC(=O)Nc3cccc(C(F)(F)F)c3)nc3c(c2=O)SCC3)cc1. The molecule has 34 heavy (non-hydrogen) atoms. The maximum Gasteiger partial charge on any atom is 0.416 e. The molecule has 1 aliphatic heterocycles. The first kappa shape index (κ1) is 24.2. The minimum absolute atomic E-state index is 0.0441. The van der Waals surface area contributed by atoms with Gasteiger partial charge in [0.2, 0.25) is 5.91 Å².